The molecule has 198 valence electrons. The third-order valence-electron chi connectivity index (χ3n) is 6.41. The van der Waals surface area contributed by atoms with Gasteiger partial charge in [-0.15, -0.1) is 0 Å². The Morgan fingerprint density at radius 3 is 1.43 bits per heavy atom. The Morgan fingerprint density at radius 2 is 1.00 bits per heavy atom. The molecular weight excluding hydrogens is 436 g/mol. The van der Waals surface area contributed by atoms with Crippen LogP contribution < -0.4 is 9.47 Å². The quantitative estimate of drug-likeness (QED) is 0.0930. The molecule has 0 aromatic heterocycles. The minimum atomic E-state index is -0.269. The summed E-state index contributed by atoms with van der Waals surface area (Å²) in [6.45, 7) is 10.5. The second kappa shape index (κ2) is 21.4. The van der Waals surface area contributed by atoms with Crippen molar-refractivity contribution in [3.05, 3.63) is 30.7 Å². The molecule has 1 aromatic carbocycles. The first kappa shape index (κ1) is 31.2. The number of esters is 2. The zero-order valence-corrected chi connectivity index (χ0v) is 22.6. The number of benzene rings is 1. The summed E-state index contributed by atoms with van der Waals surface area (Å²) in [6, 6.07) is 4.78. The first-order valence-corrected chi connectivity index (χ1v) is 14.4. The number of hydrogen-bond acceptors (Lipinski definition) is 4. The lowest BCUT2D eigenvalue weighted by atomic mass is 10.1. The molecule has 0 aliphatic carbocycles. The van der Waals surface area contributed by atoms with Crippen LogP contribution in [0.2, 0.25) is 0 Å². The number of carbonyl (C=O) groups excluding carboxylic acids is 2. The third kappa shape index (κ3) is 17.3. The van der Waals surface area contributed by atoms with E-state index in [0.29, 0.717) is 29.9 Å². The van der Waals surface area contributed by atoms with Gasteiger partial charge in [0.1, 0.15) is 11.5 Å². The van der Waals surface area contributed by atoms with Crippen LogP contribution in [0.4, 0.5) is 0 Å². The molecule has 0 aliphatic rings. The van der Waals surface area contributed by atoms with Crippen molar-refractivity contribution < 1.29 is 19.1 Å². The van der Waals surface area contributed by atoms with Gasteiger partial charge < -0.3 is 9.47 Å². The summed E-state index contributed by atoms with van der Waals surface area (Å²) in [5, 5.41) is 0. The van der Waals surface area contributed by atoms with Gasteiger partial charge in [-0.25, -0.2) is 0 Å². The molecule has 2 radical (unpaired) electrons. The largest absolute Gasteiger partial charge is 0.427 e. The fourth-order valence-electron chi connectivity index (χ4n) is 4.20. The molecule has 0 aliphatic heterocycles. The van der Waals surface area contributed by atoms with E-state index in [1.54, 1.807) is 18.2 Å². The van der Waals surface area contributed by atoms with Gasteiger partial charge in [0.25, 0.3) is 0 Å². The van der Waals surface area contributed by atoms with Gasteiger partial charge in [0, 0.05) is 25.3 Å². The molecule has 0 atom stereocenters. The Balaban J connectivity index is 2.16. The lowest BCUT2D eigenvalue weighted by Crippen LogP contribution is -2.10. The van der Waals surface area contributed by atoms with Crippen molar-refractivity contribution in [2.45, 2.75) is 142 Å². The first-order chi connectivity index (χ1) is 17.1. The van der Waals surface area contributed by atoms with E-state index in [-0.39, 0.29) is 11.9 Å². The number of unbranched alkanes of at least 4 members (excludes halogenated alkanes) is 16. The molecule has 0 saturated carbocycles. The maximum absolute atomic E-state index is 12.1. The first-order valence-electron chi connectivity index (χ1n) is 14.4. The van der Waals surface area contributed by atoms with Crippen LogP contribution in [0.5, 0.6) is 11.5 Å². The van der Waals surface area contributed by atoms with E-state index >= 15 is 0 Å². The Morgan fingerprint density at radius 1 is 0.600 bits per heavy atom. The van der Waals surface area contributed by atoms with E-state index in [1.807, 2.05) is 0 Å². The topological polar surface area (TPSA) is 52.6 Å². The zero-order chi connectivity index (χ0) is 25.6. The zero-order valence-electron chi connectivity index (χ0n) is 22.6. The predicted octanol–water partition coefficient (Wildman–Crippen LogP) is 9.40. The van der Waals surface area contributed by atoms with Crippen molar-refractivity contribution in [1.82, 2.24) is 0 Å². The van der Waals surface area contributed by atoms with Gasteiger partial charge in [0.2, 0.25) is 0 Å². The molecule has 35 heavy (non-hydrogen) atoms. The van der Waals surface area contributed by atoms with Crippen molar-refractivity contribution in [3.8, 4) is 11.5 Å². The fraction of sp³-hybridized carbons (Fsp3) is 0.710. The van der Waals surface area contributed by atoms with Crippen molar-refractivity contribution in [2.24, 2.45) is 0 Å². The van der Waals surface area contributed by atoms with Gasteiger partial charge in [-0.2, -0.15) is 0 Å². The highest BCUT2D eigenvalue weighted by molar-refractivity contribution is 5.74. The smallest absolute Gasteiger partial charge is 0.311 e. The highest BCUT2D eigenvalue weighted by Crippen LogP contribution is 2.24. The van der Waals surface area contributed by atoms with Crippen molar-refractivity contribution in [3.63, 3.8) is 0 Å². The van der Waals surface area contributed by atoms with Gasteiger partial charge in [0.05, 0.1) is 0 Å². The Kier molecular flexibility index (Phi) is 19.1. The number of carbonyl (C=O) groups is 2. The van der Waals surface area contributed by atoms with E-state index in [9.17, 15) is 9.59 Å². The fourth-order valence-corrected chi connectivity index (χ4v) is 4.20. The minimum Gasteiger partial charge on any atom is -0.427 e. The van der Waals surface area contributed by atoms with Crippen LogP contribution in [0.15, 0.2) is 18.2 Å². The van der Waals surface area contributed by atoms with Crippen LogP contribution in [-0.2, 0) is 9.59 Å². The van der Waals surface area contributed by atoms with Gasteiger partial charge in [-0.3, -0.25) is 9.59 Å². The molecule has 0 saturated heterocycles. The SMILES string of the molecule is [CH]c1cc(OC(=O)CCCCCCCCCCC)ccc1OC(=O)CCCCCCCCCCC. The van der Waals surface area contributed by atoms with E-state index in [2.05, 4.69) is 13.8 Å². The number of ether oxygens (including phenoxy) is 2. The lowest BCUT2D eigenvalue weighted by Gasteiger charge is -2.10. The van der Waals surface area contributed by atoms with Crippen LogP contribution in [0, 0.1) is 6.92 Å². The molecule has 1 aromatic rings. The van der Waals surface area contributed by atoms with Crippen LogP contribution in [0.1, 0.15) is 148 Å². The minimum absolute atomic E-state index is 0.248. The van der Waals surface area contributed by atoms with Crippen LogP contribution in [0.25, 0.3) is 0 Å². The van der Waals surface area contributed by atoms with Gasteiger partial charge in [-0.05, 0) is 31.0 Å². The summed E-state index contributed by atoms with van der Waals surface area (Å²) >= 11 is 0. The van der Waals surface area contributed by atoms with Crippen LogP contribution in [-0.4, -0.2) is 11.9 Å². The molecular formula is C31H50O4. The molecule has 0 N–H and O–H groups in total. The molecule has 0 spiro atoms. The summed E-state index contributed by atoms with van der Waals surface area (Å²) in [6.07, 6.45) is 22.5. The second-order valence-corrected chi connectivity index (χ2v) is 9.80. The van der Waals surface area contributed by atoms with Crippen molar-refractivity contribution in [2.75, 3.05) is 0 Å². The molecule has 0 fully saturated rings. The average Bonchev–Trinajstić information content (AvgIpc) is 2.83. The second-order valence-electron chi connectivity index (χ2n) is 9.80. The van der Waals surface area contributed by atoms with E-state index in [4.69, 9.17) is 16.4 Å². The monoisotopic (exact) mass is 486 g/mol. The predicted molar refractivity (Wildman–Crippen MR) is 145 cm³/mol. The number of rotatable bonds is 22. The Labute approximate surface area is 215 Å². The van der Waals surface area contributed by atoms with Crippen molar-refractivity contribution >= 4 is 11.9 Å². The highest BCUT2D eigenvalue weighted by atomic mass is 16.5. The summed E-state index contributed by atoms with van der Waals surface area (Å²) < 4.78 is 10.8. The third-order valence-corrected chi connectivity index (χ3v) is 6.41. The van der Waals surface area contributed by atoms with Gasteiger partial charge in [0.15, 0.2) is 0 Å². The van der Waals surface area contributed by atoms with Crippen molar-refractivity contribution in [1.29, 1.82) is 0 Å². The number of hydrogen-bond donors (Lipinski definition) is 0. The lowest BCUT2D eigenvalue weighted by molar-refractivity contribution is -0.135. The molecule has 0 unspecified atom stereocenters. The summed E-state index contributed by atoms with van der Waals surface area (Å²) in [4.78, 5) is 24.2. The van der Waals surface area contributed by atoms with Gasteiger partial charge >= 0.3 is 11.9 Å². The van der Waals surface area contributed by atoms with Crippen LogP contribution >= 0.6 is 0 Å². The standard InChI is InChI=1S/C31H50O4/c1-4-6-8-10-12-14-16-18-20-22-30(32)34-28-24-25-29(27(3)26-28)35-31(33)23-21-19-17-15-13-11-9-7-5-2/h3,24-26H,4-23H2,1-2H3. The van der Waals surface area contributed by atoms with E-state index in [1.165, 1.54) is 89.9 Å². The van der Waals surface area contributed by atoms with Gasteiger partial charge in [-0.1, -0.05) is 117 Å². The summed E-state index contributed by atoms with van der Waals surface area (Å²) in [5.41, 5.74) is 0.304. The average molecular weight is 487 g/mol. The normalized spacial score (nSPS) is 10.9. The summed E-state index contributed by atoms with van der Waals surface area (Å²) in [7, 11) is 0. The Bertz CT molecular complexity index is 683. The molecule has 4 nitrogen and oxygen atoms in total. The Hall–Kier alpha value is -1.84. The molecule has 1 rings (SSSR count). The summed E-state index contributed by atoms with van der Waals surface area (Å²) in [5.74, 6) is 0.198. The molecule has 0 bridgehead atoms. The maximum atomic E-state index is 12.1. The molecule has 4 heteroatoms. The molecule has 0 heterocycles. The van der Waals surface area contributed by atoms with Crippen LogP contribution in [0.3, 0.4) is 0 Å². The molecule has 0 amide bonds. The maximum Gasteiger partial charge on any atom is 0.311 e. The van der Waals surface area contributed by atoms with E-state index < -0.39 is 0 Å². The van der Waals surface area contributed by atoms with E-state index in [0.717, 1.165) is 25.7 Å². The highest BCUT2D eigenvalue weighted by Gasteiger charge is 2.11.